The zero-order chi connectivity index (χ0) is 21.0. The third-order valence-corrected chi connectivity index (χ3v) is 7.77. The zero-order valence-corrected chi connectivity index (χ0v) is 18.3. The lowest BCUT2D eigenvalue weighted by Crippen LogP contribution is -2.36. The molecule has 2 aromatic carbocycles. The van der Waals surface area contributed by atoms with Crippen molar-refractivity contribution in [1.29, 1.82) is 0 Å². The van der Waals surface area contributed by atoms with Gasteiger partial charge in [-0.25, -0.2) is 8.42 Å². The molecule has 0 unspecified atom stereocenters. The standard InChI is InChI=1S/C23H30N2O3S/c1-4-17(2)19-10-12-21(13-11-19)24-23(26)20-9-8-18(3)22(16-20)29(27,28)25-14-6-5-7-15-25/h8-13,16-17H,4-7,14-15H2,1-3H3,(H,24,26)/t17-/m1/s1. The summed E-state index contributed by atoms with van der Waals surface area (Å²) in [4.78, 5) is 13.0. The molecule has 2 aromatic rings. The molecular formula is C23H30N2O3S. The van der Waals surface area contributed by atoms with Crippen LogP contribution >= 0.6 is 0 Å². The molecule has 5 nitrogen and oxygen atoms in total. The minimum Gasteiger partial charge on any atom is -0.322 e. The van der Waals surface area contributed by atoms with E-state index in [4.69, 9.17) is 0 Å². The molecule has 1 saturated heterocycles. The van der Waals surface area contributed by atoms with Crippen LogP contribution in [0.1, 0.15) is 66.9 Å². The van der Waals surface area contributed by atoms with Crippen molar-refractivity contribution >= 4 is 21.6 Å². The predicted molar refractivity (Wildman–Crippen MR) is 117 cm³/mol. The summed E-state index contributed by atoms with van der Waals surface area (Å²) >= 11 is 0. The first-order chi connectivity index (χ1) is 13.8. The number of hydrogen-bond acceptors (Lipinski definition) is 3. The maximum atomic E-state index is 13.1. The minimum atomic E-state index is -3.59. The lowest BCUT2D eigenvalue weighted by molar-refractivity contribution is 0.102. The molecule has 0 spiro atoms. The highest BCUT2D eigenvalue weighted by Crippen LogP contribution is 2.25. The van der Waals surface area contributed by atoms with Gasteiger partial charge in [-0.2, -0.15) is 4.31 Å². The van der Waals surface area contributed by atoms with Gasteiger partial charge >= 0.3 is 0 Å². The average molecular weight is 415 g/mol. The van der Waals surface area contributed by atoms with Crippen LogP contribution in [0.15, 0.2) is 47.4 Å². The number of benzene rings is 2. The van der Waals surface area contributed by atoms with Crippen molar-refractivity contribution in [3.05, 3.63) is 59.2 Å². The van der Waals surface area contributed by atoms with Crippen molar-refractivity contribution in [1.82, 2.24) is 4.31 Å². The molecule has 1 fully saturated rings. The Labute approximate surface area is 174 Å². The van der Waals surface area contributed by atoms with E-state index in [0.29, 0.717) is 35.8 Å². The van der Waals surface area contributed by atoms with Crippen molar-refractivity contribution in [3.8, 4) is 0 Å². The SMILES string of the molecule is CC[C@@H](C)c1ccc(NC(=O)c2ccc(C)c(S(=O)(=O)N3CCCCC3)c2)cc1. The second-order valence-electron chi connectivity index (χ2n) is 7.83. The molecule has 1 heterocycles. The number of carbonyl (C=O) groups is 1. The lowest BCUT2D eigenvalue weighted by Gasteiger charge is -2.26. The Morgan fingerprint density at radius 3 is 2.34 bits per heavy atom. The summed E-state index contributed by atoms with van der Waals surface area (Å²) in [5, 5.41) is 2.87. The molecule has 29 heavy (non-hydrogen) atoms. The molecule has 0 radical (unpaired) electrons. The van der Waals surface area contributed by atoms with E-state index >= 15 is 0 Å². The zero-order valence-electron chi connectivity index (χ0n) is 17.4. The monoisotopic (exact) mass is 414 g/mol. The summed E-state index contributed by atoms with van der Waals surface area (Å²) in [6.45, 7) is 7.17. The molecular weight excluding hydrogens is 384 g/mol. The summed E-state index contributed by atoms with van der Waals surface area (Å²) in [5.74, 6) is 0.163. The summed E-state index contributed by atoms with van der Waals surface area (Å²) in [5.41, 5.74) is 2.93. The minimum absolute atomic E-state index is 0.221. The molecule has 3 rings (SSSR count). The van der Waals surface area contributed by atoms with Gasteiger partial charge in [-0.3, -0.25) is 4.79 Å². The number of nitrogens with zero attached hydrogens (tertiary/aromatic N) is 1. The summed E-state index contributed by atoms with van der Waals surface area (Å²) in [6, 6.07) is 12.7. The van der Waals surface area contributed by atoms with Gasteiger partial charge in [0.05, 0.1) is 4.90 Å². The first-order valence-corrected chi connectivity index (χ1v) is 11.8. The summed E-state index contributed by atoms with van der Waals surface area (Å²) in [6.07, 6.45) is 3.88. The Bertz CT molecular complexity index is 962. The molecule has 1 aliphatic rings. The number of rotatable bonds is 6. The molecule has 0 aliphatic carbocycles. The number of aryl methyl sites for hydroxylation is 1. The van der Waals surface area contributed by atoms with Gasteiger partial charge in [0, 0.05) is 24.3 Å². The number of sulfonamides is 1. The van der Waals surface area contributed by atoms with Gasteiger partial charge in [0.1, 0.15) is 0 Å². The van der Waals surface area contributed by atoms with E-state index < -0.39 is 10.0 Å². The Kier molecular flexibility index (Phi) is 6.75. The van der Waals surface area contributed by atoms with Crippen LogP contribution < -0.4 is 5.32 Å². The van der Waals surface area contributed by atoms with Crippen molar-refractivity contribution in [2.24, 2.45) is 0 Å². The molecule has 0 bridgehead atoms. The van der Waals surface area contributed by atoms with E-state index in [1.165, 1.54) is 15.9 Å². The van der Waals surface area contributed by atoms with Crippen LogP contribution in [0.4, 0.5) is 5.69 Å². The van der Waals surface area contributed by atoms with Crippen molar-refractivity contribution in [2.75, 3.05) is 18.4 Å². The van der Waals surface area contributed by atoms with Crippen LogP contribution in [0.25, 0.3) is 0 Å². The number of amides is 1. The van der Waals surface area contributed by atoms with Crippen LogP contribution in [0, 0.1) is 6.92 Å². The van der Waals surface area contributed by atoms with Gasteiger partial charge < -0.3 is 5.32 Å². The molecule has 1 aliphatic heterocycles. The highest BCUT2D eigenvalue weighted by Gasteiger charge is 2.28. The van der Waals surface area contributed by atoms with Crippen molar-refractivity contribution < 1.29 is 13.2 Å². The average Bonchev–Trinajstić information content (AvgIpc) is 2.74. The first-order valence-electron chi connectivity index (χ1n) is 10.3. The fraction of sp³-hybridized carbons (Fsp3) is 0.435. The molecule has 0 aromatic heterocycles. The molecule has 1 atom stereocenters. The third-order valence-electron chi connectivity index (χ3n) is 5.73. The highest BCUT2D eigenvalue weighted by atomic mass is 32.2. The Hall–Kier alpha value is -2.18. The maximum Gasteiger partial charge on any atom is 0.255 e. The maximum absolute atomic E-state index is 13.1. The van der Waals surface area contributed by atoms with Crippen molar-refractivity contribution in [2.45, 2.75) is 57.3 Å². The predicted octanol–water partition coefficient (Wildman–Crippen LogP) is 4.94. The van der Waals surface area contributed by atoms with Crippen LogP contribution in [0.3, 0.4) is 0 Å². The van der Waals surface area contributed by atoms with Crippen LogP contribution in [0.5, 0.6) is 0 Å². The fourth-order valence-electron chi connectivity index (χ4n) is 3.60. The molecule has 156 valence electrons. The number of nitrogens with one attached hydrogen (secondary N) is 1. The number of hydrogen-bond donors (Lipinski definition) is 1. The quantitative estimate of drug-likeness (QED) is 0.728. The molecule has 0 saturated carbocycles. The van der Waals surface area contributed by atoms with Crippen LogP contribution in [-0.4, -0.2) is 31.7 Å². The normalized spacial score (nSPS) is 16.4. The van der Waals surface area contributed by atoms with Gasteiger partial charge in [0.15, 0.2) is 0 Å². The summed E-state index contributed by atoms with van der Waals surface area (Å²) in [7, 11) is -3.59. The topological polar surface area (TPSA) is 66.5 Å². The van der Waals surface area contributed by atoms with Crippen LogP contribution in [-0.2, 0) is 10.0 Å². The van der Waals surface area contributed by atoms with Gasteiger partial charge in [-0.15, -0.1) is 0 Å². The lowest BCUT2D eigenvalue weighted by atomic mass is 9.98. The summed E-state index contributed by atoms with van der Waals surface area (Å²) < 4.78 is 27.7. The first kappa shape index (κ1) is 21.5. The van der Waals surface area contributed by atoms with E-state index in [0.717, 1.165) is 25.7 Å². The van der Waals surface area contributed by atoms with Gasteiger partial charge in [-0.1, -0.05) is 38.5 Å². The number of piperidine rings is 1. The van der Waals surface area contributed by atoms with Gasteiger partial charge in [0.25, 0.3) is 5.91 Å². The Morgan fingerprint density at radius 1 is 1.07 bits per heavy atom. The third kappa shape index (κ3) is 4.87. The number of anilines is 1. The van der Waals surface area contributed by atoms with E-state index in [-0.39, 0.29) is 10.8 Å². The van der Waals surface area contributed by atoms with Crippen LogP contribution in [0.2, 0.25) is 0 Å². The van der Waals surface area contributed by atoms with E-state index in [2.05, 4.69) is 19.2 Å². The second kappa shape index (κ2) is 9.09. The Balaban J connectivity index is 1.80. The highest BCUT2D eigenvalue weighted by molar-refractivity contribution is 7.89. The molecule has 1 amide bonds. The number of carbonyl (C=O) groups excluding carboxylic acids is 1. The Morgan fingerprint density at radius 2 is 1.72 bits per heavy atom. The van der Waals surface area contributed by atoms with Gasteiger partial charge in [0.2, 0.25) is 10.0 Å². The second-order valence-corrected chi connectivity index (χ2v) is 9.74. The van der Waals surface area contributed by atoms with E-state index in [9.17, 15) is 13.2 Å². The van der Waals surface area contributed by atoms with E-state index in [1.807, 2.05) is 24.3 Å². The largest absolute Gasteiger partial charge is 0.322 e. The van der Waals surface area contributed by atoms with E-state index in [1.54, 1.807) is 19.1 Å². The molecule has 1 N–H and O–H groups in total. The molecule has 6 heteroatoms. The van der Waals surface area contributed by atoms with Crippen molar-refractivity contribution in [3.63, 3.8) is 0 Å². The fourth-order valence-corrected chi connectivity index (χ4v) is 5.37. The van der Waals surface area contributed by atoms with Gasteiger partial charge in [-0.05, 0) is 67.5 Å². The smallest absolute Gasteiger partial charge is 0.255 e.